The smallest absolute Gasteiger partial charge is 0.276 e. The van der Waals surface area contributed by atoms with Gasteiger partial charge in [-0.05, 0) is 11.6 Å². The molecule has 6 nitrogen and oxygen atoms in total. The number of H-pyrrole nitrogens is 1. The lowest BCUT2D eigenvalue weighted by atomic mass is 10.1. The standard InChI is InChI=1S/C13H15N5O/c14-11-12(16-8-17-13(11)19)18-6-5-15-7-9-3-1-2-4-10(9)18/h1-4,8,15H,5-7,14H2,(H,16,17,19). The number of rotatable bonds is 1. The molecule has 4 N–H and O–H groups in total. The van der Waals surface area contributed by atoms with E-state index in [0.717, 1.165) is 25.3 Å². The van der Waals surface area contributed by atoms with Crippen molar-refractivity contribution in [3.8, 4) is 0 Å². The average molecular weight is 257 g/mol. The molecule has 0 saturated carbocycles. The van der Waals surface area contributed by atoms with Crippen LogP contribution >= 0.6 is 0 Å². The Balaban J connectivity index is 2.14. The maximum absolute atomic E-state index is 11.6. The molecular weight excluding hydrogens is 242 g/mol. The van der Waals surface area contributed by atoms with E-state index in [1.165, 1.54) is 11.9 Å². The van der Waals surface area contributed by atoms with E-state index in [9.17, 15) is 4.79 Å². The molecule has 1 aromatic heterocycles. The van der Waals surface area contributed by atoms with Crippen LogP contribution in [0.25, 0.3) is 0 Å². The third-order valence-corrected chi connectivity index (χ3v) is 3.23. The van der Waals surface area contributed by atoms with E-state index in [0.29, 0.717) is 5.82 Å². The highest BCUT2D eigenvalue weighted by molar-refractivity contribution is 5.72. The first-order valence-corrected chi connectivity index (χ1v) is 6.16. The van der Waals surface area contributed by atoms with Crippen LogP contribution in [0.15, 0.2) is 35.4 Å². The van der Waals surface area contributed by atoms with Crippen molar-refractivity contribution in [3.05, 3.63) is 46.5 Å². The van der Waals surface area contributed by atoms with E-state index >= 15 is 0 Å². The number of hydrogen-bond acceptors (Lipinski definition) is 5. The molecule has 98 valence electrons. The summed E-state index contributed by atoms with van der Waals surface area (Å²) in [6, 6.07) is 8.05. The number of anilines is 3. The third-order valence-electron chi connectivity index (χ3n) is 3.23. The van der Waals surface area contributed by atoms with Crippen LogP contribution in [0.2, 0.25) is 0 Å². The Morgan fingerprint density at radius 1 is 1.32 bits per heavy atom. The lowest BCUT2D eigenvalue weighted by Crippen LogP contribution is -2.28. The molecule has 3 rings (SSSR count). The largest absolute Gasteiger partial charge is 0.391 e. The van der Waals surface area contributed by atoms with Gasteiger partial charge >= 0.3 is 0 Å². The number of nitrogens with zero attached hydrogens (tertiary/aromatic N) is 2. The summed E-state index contributed by atoms with van der Waals surface area (Å²) in [6.07, 6.45) is 1.38. The van der Waals surface area contributed by atoms with Crippen LogP contribution < -0.4 is 21.5 Å². The molecule has 2 aromatic rings. The van der Waals surface area contributed by atoms with Gasteiger partial charge in [-0.2, -0.15) is 0 Å². The van der Waals surface area contributed by atoms with Gasteiger partial charge in [-0.25, -0.2) is 4.98 Å². The molecule has 0 bridgehead atoms. The Morgan fingerprint density at radius 3 is 3.05 bits per heavy atom. The molecule has 0 saturated heterocycles. The van der Waals surface area contributed by atoms with Crippen LogP contribution in [-0.2, 0) is 6.54 Å². The molecule has 0 atom stereocenters. The topological polar surface area (TPSA) is 87.0 Å². The summed E-state index contributed by atoms with van der Waals surface area (Å²) >= 11 is 0. The van der Waals surface area contributed by atoms with Crippen molar-refractivity contribution >= 4 is 17.2 Å². The molecular formula is C13H15N5O. The number of aromatic amines is 1. The maximum atomic E-state index is 11.6. The molecule has 6 heteroatoms. The van der Waals surface area contributed by atoms with Crippen molar-refractivity contribution in [1.82, 2.24) is 15.3 Å². The van der Waals surface area contributed by atoms with Gasteiger partial charge in [-0.3, -0.25) is 4.79 Å². The van der Waals surface area contributed by atoms with E-state index in [2.05, 4.69) is 21.4 Å². The normalized spacial score (nSPS) is 14.8. The first kappa shape index (κ1) is 11.7. The molecule has 0 spiro atoms. The number of nitrogen functional groups attached to an aromatic ring is 1. The summed E-state index contributed by atoms with van der Waals surface area (Å²) < 4.78 is 0. The number of aromatic nitrogens is 2. The first-order chi connectivity index (χ1) is 9.27. The maximum Gasteiger partial charge on any atom is 0.276 e. The van der Waals surface area contributed by atoms with Gasteiger partial charge in [0.2, 0.25) is 0 Å². The summed E-state index contributed by atoms with van der Waals surface area (Å²) in [4.78, 5) is 20.3. The second-order valence-electron chi connectivity index (χ2n) is 4.43. The van der Waals surface area contributed by atoms with Crippen molar-refractivity contribution in [1.29, 1.82) is 0 Å². The minimum Gasteiger partial charge on any atom is -0.391 e. The van der Waals surface area contributed by atoms with Crippen LogP contribution in [-0.4, -0.2) is 23.1 Å². The molecule has 2 heterocycles. The van der Waals surface area contributed by atoms with Crippen molar-refractivity contribution in [2.75, 3.05) is 23.7 Å². The minimum atomic E-state index is -0.306. The van der Waals surface area contributed by atoms with Crippen molar-refractivity contribution < 1.29 is 0 Å². The number of nitrogens with one attached hydrogen (secondary N) is 2. The molecule has 0 unspecified atom stereocenters. The summed E-state index contributed by atoms with van der Waals surface area (Å²) in [7, 11) is 0. The SMILES string of the molecule is Nc1c(N2CCNCc3ccccc32)nc[nH]c1=O. The number of benzene rings is 1. The Hall–Kier alpha value is -2.34. The van der Waals surface area contributed by atoms with E-state index in [-0.39, 0.29) is 11.2 Å². The van der Waals surface area contributed by atoms with Gasteiger partial charge in [0.1, 0.15) is 5.69 Å². The van der Waals surface area contributed by atoms with E-state index in [4.69, 9.17) is 5.73 Å². The van der Waals surface area contributed by atoms with E-state index < -0.39 is 0 Å². The molecule has 1 aliphatic heterocycles. The fourth-order valence-corrected chi connectivity index (χ4v) is 2.29. The van der Waals surface area contributed by atoms with E-state index in [1.54, 1.807) is 0 Å². The van der Waals surface area contributed by atoms with Crippen molar-refractivity contribution in [3.63, 3.8) is 0 Å². The Morgan fingerprint density at radius 2 is 2.16 bits per heavy atom. The van der Waals surface area contributed by atoms with Gasteiger partial charge in [-0.1, -0.05) is 18.2 Å². The first-order valence-electron chi connectivity index (χ1n) is 6.16. The van der Waals surface area contributed by atoms with Crippen molar-refractivity contribution in [2.24, 2.45) is 0 Å². The monoisotopic (exact) mass is 257 g/mol. The average Bonchev–Trinajstić information content (AvgIpc) is 2.64. The number of nitrogens with two attached hydrogens (primary N) is 1. The molecule has 1 aromatic carbocycles. The molecule has 0 radical (unpaired) electrons. The number of hydrogen-bond donors (Lipinski definition) is 3. The Kier molecular flexibility index (Phi) is 2.92. The summed E-state index contributed by atoms with van der Waals surface area (Å²) in [6.45, 7) is 2.33. The van der Waals surface area contributed by atoms with Gasteiger partial charge in [0.15, 0.2) is 5.82 Å². The van der Waals surface area contributed by atoms with Gasteiger partial charge in [0.25, 0.3) is 5.56 Å². The highest BCUT2D eigenvalue weighted by Gasteiger charge is 2.19. The van der Waals surface area contributed by atoms with Crippen LogP contribution in [0.5, 0.6) is 0 Å². The fraction of sp³-hybridized carbons (Fsp3) is 0.231. The summed E-state index contributed by atoms with van der Waals surface area (Å²) in [5, 5.41) is 3.34. The fourth-order valence-electron chi connectivity index (χ4n) is 2.29. The molecule has 0 aliphatic carbocycles. The zero-order chi connectivity index (χ0) is 13.2. The Labute approximate surface area is 110 Å². The zero-order valence-electron chi connectivity index (χ0n) is 10.4. The van der Waals surface area contributed by atoms with Crippen LogP contribution in [0.3, 0.4) is 0 Å². The molecule has 1 aliphatic rings. The van der Waals surface area contributed by atoms with Crippen LogP contribution in [0.4, 0.5) is 17.2 Å². The Bertz CT molecular complexity index is 651. The predicted molar refractivity (Wildman–Crippen MR) is 74.4 cm³/mol. The van der Waals surface area contributed by atoms with Gasteiger partial charge in [0.05, 0.1) is 6.33 Å². The van der Waals surface area contributed by atoms with Gasteiger partial charge in [0, 0.05) is 25.3 Å². The van der Waals surface area contributed by atoms with Gasteiger partial charge in [-0.15, -0.1) is 0 Å². The van der Waals surface area contributed by atoms with E-state index in [1.807, 2.05) is 23.1 Å². The number of fused-ring (bicyclic) bond motifs is 1. The minimum absolute atomic E-state index is 0.152. The second kappa shape index (κ2) is 4.74. The quantitative estimate of drug-likeness (QED) is 0.696. The number of para-hydroxylation sites is 1. The second-order valence-corrected chi connectivity index (χ2v) is 4.43. The predicted octanol–water partition coefficient (Wildman–Crippen LogP) is 0.593. The lowest BCUT2D eigenvalue weighted by Gasteiger charge is -2.24. The third kappa shape index (κ3) is 2.06. The molecule has 0 amide bonds. The van der Waals surface area contributed by atoms with Gasteiger partial charge < -0.3 is 20.9 Å². The summed E-state index contributed by atoms with van der Waals surface area (Å²) in [5.41, 5.74) is 7.91. The highest BCUT2D eigenvalue weighted by Crippen LogP contribution is 2.30. The highest BCUT2D eigenvalue weighted by atomic mass is 16.1. The molecule has 19 heavy (non-hydrogen) atoms. The zero-order valence-corrected chi connectivity index (χ0v) is 10.4. The summed E-state index contributed by atoms with van der Waals surface area (Å²) in [5.74, 6) is 0.514. The van der Waals surface area contributed by atoms with Crippen molar-refractivity contribution in [2.45, 2.75) is 6.54 Å². The van der Waals surface area contributed by atoms with Crippen LogP contribution in [0, 0.1) is 0 Å². The van der Waals surface area contributed by atoms with Crippen LogP contribution in [0.1, 0.15) is 5.56 Å². The lowest BCUT2D eigenvalue weighted by molar-refractivity contribution is 0.711. The molecule has 0 fully saturated rings.